The Kier molecular flexibility index (Phi) is 7.90. The van der Waals surface area contributed by atoms with Crippen LogP contribution in [-0.4, -0.2) is 10.8 Å². The van der Waals surface area contributed by atoms with Gasteiger partial charge in [0.05, 0.1) is 5.84 Å². The van der Waals surface area contributed by atoms with Gasteiger partial charge in [0.1, 0.15) is 0 Å². The first-order valence-corrected chi connectivity index (χ1v) is 3.01. The number of nitrogens with two attached hydrogens (primary N) is 1. The number of hydrogen-bond donors (Lipinski definition) is 2. The summed E-state index contributed by atoms with van der Waals surface area (Å²) in [5.41, 5.74) is 6.16. The van der Waals surface area contributed by atoms with Crippen molar-refractivity contribution in [1.82, 2.24) is 4.98 Å². The monoisotopic (exact) mass is 207 g/mol. The molecule has 0 aliphatic carbocycles. The summed E-state index contributed by atoms with van der Waals surface area (Å²) < 4.78 is 0. The van der Waals surface area contributed by atoms with Crippen LogP contribution in [0.3, 0.4) is 0 Å². The molecule has 5 heteroatoms. The van der Waals surface area contributed by atoms with Crippen LogP contribution in [0.15, 0.2) is 24.5 Å². The Bertz CT molecular complexity index is 225. The zero-order valence-corrected chi connectivity index (χ0v) is 7.99. The number of nitrogens with one attached hydrogen (secondary N) is 1. The average Bonchev–Trinajstić information content (AvgIpc) is 1.88. The number of amidine groups is 1. The lowest BCUT2D eigenvalue weighted by molar-refractivity contribution is 1.19. The van der Waals surface area contributed by atoms with Crippen LogP contribution in [0.2, 0.25) is 0 Å². The molecule has 0 aliphatic rings. The van der Waals surface area contributed by atoms with E-state index in [0.29, 0.717) is 6.42 Å². The summed E-state index contributed by atoms with van der Waals surface area (Å²) in [6.45, 7) is 0. The molecule has 3 nitrogen and oxygen atoms in total. The van der Waals surface area contributed by atoms with E-state index in [4.69, 9.17) is 11.1 Å². The highest BCUT2D eigenvalue weighted by Gasteiger charge is 1.91. The van der Waals surface area contributed by atoms with Crippen LogP contribution in [0.25, 0.3) is 0 Å². The molecule has 1 rings (SSSR count). The Morgan fingerprint density at radius 1 is 1.50 bits per heavy atom. The molecule has 0 saturated heterocycles. The molecule has 0 bridgehead atoms. The lowest BCUT2D eigenvalue weighted by atomic mass is 10.2. The Balaban J connectivity index is 0. The zero-order chi connectivity index (χ0) is 7.40. The van der Waals surface area contributed by atoms with Crippen molar-refractivity contribution < 1.29 is 0 Å². The van der Waals surface area contributed by atoms with Crippen LogP contribution < -0.4 is 5.73 Å². The van der Waals surface area contributed by atoms with Crippen molar-refractivity contribution in [3.63, 3.8) is 0 Å². The van der Waals surface area contributed by atoms with Gasteiger partial charge in [-0.1, -0.05) is 6.07 Å². The summed E-state index contributed by atoms with van der Waals surface area (Å²) in [6, 6.07) is 3.73. The fourth-order valence-corrected chi connectivity index (χ4v) is 0.723. The zero-order valence-electron chi connectivity index (χ0n) is 6.36. The second-order valence-corrected chi connectivity index (χ2v) is 2.06. The van der Waals surface area contributed by atoms with Crippen LogP contribution in [0, 0.1) is 5.41 Å². The summed E-state index contributed by atoms with van der Waals surface area (Å²) >= 11 is 0. The fraction of sp³-hybridized carbons (Fsp3) is 0.143. The van der Waals surface area contributed by atoms with Gasteiger partial charge in [-0.3, -0.25) is 10.4 Å². The van der Waals surface area contributed by atoms with Crippen LogP contribution >= 0.6 is 24.8 Å². The van der Waals surface area contributed by atoms with Crippen molar-refractivity contribution in [2.24, 2.45) is 5.73 Å². The van der Waals surface area contributed by atoms with Crippen molar-refractivity contribution in [3.05, 3.63) is 30.1 Å². The fourth-order valence-electron chi connectivity index (χ4n) is 0.723. The minimum absolute atomic E-state index is 0. The van der Waals surface area contributed by atoms with E-state index in [1.165, 1.54) is 0 Å². The first-order chi connectivity index (χ1) is 4.79. The molecule has 3 N–H and O–H groups in total. The summed E-state index contributed by atoms with van der Waals surface area (Å²) in [5, 5.41) is 6.98. The summed E-state index contributed by atoms with van der Waals surface area (Å²) in [5.74, 6) is 0.174. The molecule has 0 fully saturated rings. The molecule has 0 spiro atoms. The average molecular weight is 208 g/mol. The van der Waals surface area contributed by atoms with Crippen LogP contribution in [-0.2, 0) is 6.42 Å². The van der Waals surface area contributed by atoms with E-state index in [-0.39, 0.29) is 30.6 Å². The first-order valence-electron chi connectivity index (χ1n) is 3.01. The highest BCUT2D eigenvalue weighted by Crippen LogP contribution is 1.94. The summed E-state index contributed by atoms with van der Waals surface area (Å²) in [7, 11) is 0. The van der Waals surface area contributed by atoms with E-state index >= 15 is 0 Å². The van der Waals surface area contributed by atoms with Gasteiger partial charge in [0, 0.05) is 18.8 Å². The molecule has 0 radical (unpaired) electrons. The van der Waals surface area contributed by atoms with Crippen molar-refractivity contribution in [2.45, 2.75) is 6.42 Å². The lowest BCUT2D eigenvalue weighted by Gasteiger charge is -1.95. The van der Waals surface area contributed by atoms with Crippen molar-refractivity contribution in [2.75, 3.05) is 0 Å². The predicted octanol–water partition coefficient (Wildman–Crippen LogP) is 1.40. The molecule has 68 valence electrons. The first kappa shape index (κ1) is 13.8. The quantitative estimate of drug-likeness (QED) is 0.570. The Hall–Kier alpha value is -0.800. The molecule has 0 aromatic carbocycles. The number of rotatable bonds is 2. The Morgan fingerprint density at radius 2 is 2.17 bits per heavy atom. The largest absolute Gasteiger partial charge is 0.387 e. The maximum atomic E-state index is 6.98. The Morgan fingerprint density at radius 3 is 2.58 bits per heavy atom. The van der Waals surface area contributed by atoms with Gasteiger partial charge in [0.2, 0.25) is 0 Å². The number of halogens is 2. The number of hydrogen-bond acceptors (Lipinski definition) is 2. The third-order valence-corrected chi connectivity index (χ3v) is 1.12. The lowest BCUT2D eigenvalue weighted by Crippen LogP contribution is -2.12. The molecular formula is C7H11Cl2N3. The second-order valence-electron chi connectivity index (χ2n) is 2.06. The van der Waals surface area contributed by atoms with E-state index in [2.05, 4.69) is 4.98 Å². The van der Waals surface area contributed by atoms with Crippen LogP contribution in [0.5, 0.6) is 0 Å². The molecule has 0 saturated carbocycles. The maximum absolute atomic E-state index is 6.98. The number of aromatic nitrogens is 1. The van der Waals surface area contributed by atoms with Crippen molar-refractivity contribution >= 4 is 30.6 Å². The third kappa shape index (κ3) is 4.93. The minimum atomic E-state index is 0. The van der Waals surface area contributed by atoms with Gasteiger partial charge >= 0.3 is 0 Å². The smallest absolute Gasteiger partial charge is 0.0950 e. The normalized spacial score (nSPS) is 7.67. The minimum Gasteiger partial charge on any atom is -0.387 e. The predicted molar refractivity (Wildman–Crippen MR) is 54.4 cm³/mol. The second kappa shape index (κ2) is 6.88. The SMILES string of the molecule is Cl.Cl.N=C(N)Cc1cccnc1. The van der Waals surface area contributed by atoms with Gasteiger partial charge < -0.3 is 5.73 Å². The standard InChI is InChI=1S/C7H9N3.2ClH/c8-7(9)4-6-2-1-3-10-5-6;;/h1-3,5H,4H2,(H3,8,9);2*1H. The molecule has 0 unspecified atom stereocenters. The van der Waals surface area contributed by atoms with Crippen molar-refractivity contribution in [1.29, 1.82) is 5.41 Å². The van der Waals surface area contributed by atoms with Crippen LogP contribution in [0.4, 0.5) is 0 Å². The molecule has 12 heavy (non-hydrogen) atoms. The van der Waals surface area contributed by atoms with Gasteiger partial charge in [-0.15, -0.1) is 24.8 Å². The van der Waals surface area contributed by atoms with Gasteiger partial charge in [-0.2, -0.15) is 0 Å². The van der Waals surface area contributed by atoms with E-state index in [1.54, 1.807) is 12.4 Å². The summed E-state index contributed by atoms with van der Waals surface area (Å²) in [6.07, 6.45) is 3.90. The molecule has 1 heterocycles. The molecule has 1 aromatic rings. The van der Waals surface area contributed by atoms with Gasteiger partial charge in [0.25, 0.3) is 0 Å². The molecule has 0 aliphatic heterocycles. The summed E-state index contributed by atoms with van der Waals surface area (Å²) in [4.78, 5) is 3.89. The molecule has 1 aromatic heterocycles. The highest BCUT2D eigenvalue weighted by atomic mass is 35.5. The topological polar surface area (TPSA) is 62.8 Å². The van der Waals surface area contributed by atoms with Gasteiger partial charge in [0.15, 0.2) is 0 Å². The molecule has 0 amide bonds. The molecule has 0 atom stereocenters. The van der Waals surface area contributed by atoms with Crippen LogP contribution in [0.1, 0.15) is 5.56 Å². The van der Waals surface area contributed by atoms with Gasteiger partial charge in [-0.25, -0.2) is 0 Å². The highest BCUT2D eigenvalue weighted by molar-refractivity contribution is 5.85. The van der Waals surface area contributed by atoms with E-state index in [1.807, 2.05) is 12.1 Å². The van der Waals surface area contributed by atoms with E-state index in [9.17, 15) is 0 Å². The molecular weight excluding hydrogens is 197 g/mol. The van der Waals surface area contributed by atoms with E-state index in [0.717, 1.165) is 5.56 Å². The Labute approximate surface area is 83.7 Å². The van der Waals surface area contributed by atoms with Gasteiger partial charge in [-0.05, 0) is 11.6 Å². The third-order valence-electron chi connectivity index (χ3n) is 1.12. The number of nitrogens with zero attached hydrogens (tertiary/aromatic N) is 1. The van der Waals surface area contributed by atoms with E-state index < -0.39 is 0 Å². The number of pyridine rings is 1. The van der Waals surface area contributed by atoms with Crippen molar-refractivity contribution in [3.8, 4) is 0 Å². The maximum Gasteiger partial charge on any atom is 0.0950 e.